The molecule has 10 heteroatoms. The molecule has 1 aromatic rings. The molecule has 0 aromatic heterocycles. The maximum Gasteiger partial charge on any atom is 0.243 e. The largest absolute Gasteiger partial charge is 0.243 e. The van der Waals surface area contributed by atoms with Crippen LogP contribution >= 0.6 is 11.6 Å². The Morgan fingerprint density at radius 2 is 1.75 bits per heavy atom. The van der Waals surface area contributed by atoms with Gasteiger partial charge >= 0.3 is 0 Å². The Morgan fingerprint density at radius 3 is 2.30 bits per heavy atom. The Morgan fingerprint density at radius 1 is 1.15 bits per heavy atom. The van der Waals surface area contributed by atoms with Crippen LogP contribution < -0.4 is 9.44 Å². The molecule has 0 unspecified atom stereocenters. The summed E-state index contributed by atoms with van der Waals surface area (Å²) in [6.07, 6.45) is 0. The van der Waals surface area contributed by atoms with E-state index in [9.17, 15) is 21.2 Å². The first-order chi connectivity index (χ1) is 9.18. The van der Waals surface area contributed by atoms with Gasteiger partial charge in [0.25, 0.3) is 0 Å². The molecule has 0 radical (unpaired) electrons. The van der Waals surface area contributed by atoms with Crippen molar-refractivity contribution >= 4 is 31.6 Å². The summed E-state index contributed by atoms with van der Waals surface area (Å²) >= 11 is 5.53. The first kappa shape index (κ1) is 17.3. The predicted molar refractivity (Wildman–Crippen MR) is 74.1 cm³/mol. The van der Waals surface area contributed by atoms with Gasteiger partial charge in [0.05, 0.1) is 5.75 Å². The van der Waals surface area contributed by atoms with Crippen LogP contribution in [0.5, 0.6) is 0 Å². The maximum atomic E-state index is 13.5. The first-order valence-electron chi connectivity index (χ1n) is 5.60. The third-order valence-electron chi connectivity index (χ3n) is 2.30. The normalized spacial score (nSPS) is 12.6. The highest BCUT2D eigenvalue weighted by Crippen LogP contribution is 2.18. The monoisotopic (exact) mass is 344 g/mol. The van der Waals surface area contributed by atoms with Gasteiger partial charge in [0.1, 0.15) is 10.7 Å². The van der Waals surface area contributed by atoms with Gasteiger partial charge in [-0.2, -0.15) is 0 Å². The highest BCUT2D eigenvalue weighted by Gasteiger charge is 2.18. The van der Waals surface area contributed by atoms with Gasteiger partial charge in [-0.1, -0.05) is 11.6 Å². The van der Waals surface area contributed by atoms with Crippen molar-refractivity contribution in [3.63, 3.8) is 0 Å². The molecule has 0 amide bonds. The van der Waals surface area contributed by atoms with E-state index < -0.39 is 30.8 Å². The molecule has 0 fully saturated rings. The summed E-state index contributed by atoms with van der Waals surface area (Å²) in [5.41, 5.74) is 0. The molecular weight excluding hydrogens is 331 g/mol. The van der Waals surface area contributed by atoms with Crippen LogP contribution in [0.25, 0.3) is 0 Å². The highest BCUT2D eigenvalue weighted by atomic mass is 35.5. The maximum absolute atomic E-state index is 13.5. The summed E-state index contributed by atoms with van der Waals surface area (Å²) < 4.78 is 63.6. The molecular formula is C10H14ClFN2O4S2. The average molecular weight is 345 g/mol. The Labute approximate surface area is 122 Å². The number of sulfonamides is 2. The van der Waals surface area contributed by atoms with Crippen molar-refractivity contribution in [2.24, 2.45) is 0 Å². The summed E-state index contributed by atoms with van der Waals surface area (Å²) in [4.78, 5) is -0.541. The van der Waals surface area contributed by atoms with E-state index in [1.165, 1.54) is 13.0 Å². The van der Waals surface area contributed by atoms with Crippen molar-refractivity contribution in [3.05, 3.63) is 29.0 Å². The summed E-state index contributed by atoms with van der Waals surface area (Å²) in [7, 11) is -7.44. The standard InChI is InChI=1S/C10H14ClFN2O4S2/c1-2-19(15,16)13-5-6-14-20(17,18)10-4-3-8(11)7-9(10)12/h3-4,7,13-14H,2,5-6H2,1H3. The fourth-order valence-electron chi connectivity index (χ4n) is 1.26. The lowest BCUT2D eigenvalue weighted by atomic mass is 10.3. The molecule has 0 saturated heterocycles. The molecule has 0 bridgehead atoms. The SMILES string of the molecule is CCS(=O)(=O)NCCNS(=O)(=O)c1ccc(Cl)cc1F. The molecule has 20 heavy (non-hydrogen) atoms. The van der Waals surface area contributed by atoms with Crippen molar-refractivity contribution in [2.75, 3.05) is 18.8 Å². The second-order valence-electron chi connectivity index (χ2n) is 3.77. The zero-order chi connectivity index (χ0) is 15.4. The van der Waals surface area contributed by atoms with Crippen LogP contribution in [0.4, 0.5) is 4.39 Å². The summed E-state index contributed by atoms with van der Waals surface area (Å²) in [6, 6.07) is 3.17. The van der Waals surface area contributed by atoms with E-state index in [1.54, 1.807) is 0 Å². The Bertz CT molecular complexity index is 676. The molecule has 6 nitrogen and oxygen atoms in total. The van der Waals surface area contributed by atoms with E-state index >= 15 is 0 Å². The van der Waals surface area contributed by atoms with E-state index in [-0.39, 0.29) is 23.9 Å². The Kier molecular flexibility index (Phi) is 5.90. The average Bonchev–Trinajstić information content (AvgIpc) is 2.34. The molecule has 2 N–H and O–H groups in total. The van der Waals surface area contributed by atoms with Crippen molar-refractivity contribution in [2.45, 2.75) is 11.8 Å². The second-order valence-corrected chi connectivity index (χ2v) is 8.04. The fourth-order valence-corrected chi connectivity index (χ4v) is 3.13. The van der Waals surface area contributed by atoms with E-state index in [0.717, 1.165) is 12.1 Å². The fraction of sp³-hybridized carbons (Fsp3) is 0.400. The number of hydrogen-bond acceptors (Lipinski definition) is 4. The van der Waals surface area contributed by atoms with Crippen LogP contribution in [0.3, 0.4) is 0 Å². The van der Waals surface area contributed by atoms with Gasteiger partial charge in [-0.15, -0.1) is 0 Å². The van der Waals surface area contributed by atoms with Crippen LogP contribution in [-0.4, -0.2) is 35.7 Å². The Balaban J connectivity index is 2.67. The lowest BCUT2D eigenvalue weighted by molar-refractivity contribution is 0.554. The highest BCUT2D eigenvalue weighted by molar-refractivity contribution is 7.89. The Hall–Kier alpha value is -0.740. The summed E-state index contributed by atoms with van der Waals surface area (Å²) in [5.74, 6) is -1.08. The van der Waals surface area contributed by atoms with Crippen LogP contribution in [-0.2, 0) is 20.0 Å². The van der Waals surface area contributed by atoms with Gasteiger partial charge in [0, 0.05) is 18.1 Å². The van der Waals surface area contributed by atoms with Gasteiger partial charge < -0.3 is 0 Å². The van der Waals surface area contributed by atoms with Crippen molar-refractivity contribution in [1.29, 1.82) is 0 Å². The third kappa shape index (κ3) is 4.98. The molecule has 114 valence electrons. The number of nitrogens with one attached hydrogen (secondary N) is 2. The molecule has 0 atom stereocenters. The first-order valence-corrected chi connectivity index (χ1v) is 9.11. The van der Waals surface area contributed by atoms with Gasteiger partial charge in [0.2, 0.25) is 20.0 Å². The topological polar surface area (TPSA) is 92.3 Å². The van der Waals surface area contributed by atoms with E-state index in [0.29, 0.717) is 0 Å². The van der Waals surface area contributed by atoms with Gasteiger partial charge in [-0.05, 0) is 25.1 Å². The minimum atomic E-state index is -4.05. The smallest absolute Gasteiger partial charge is 0.214 e. The molecule has 0 spiro atoms. The molecule has 1 aromatic carbocycles. The molecule has 0 heterocycles. The van der Waals surface area contributed by atoms with Crippen LogP contribution in [0.1, 0.15) is 6.92 Å². The zero-order valence-electron chi connectivity index (χ0n) is 10.6. The number of benzene rings is 1. The van der Waals surface area contributed by atoms with Gasteiger partial charge in [-0.25, -0.2) is 30.7 Å². The number of rotatable bonds is 7. The van der Waals surface area contributed by atoms with Crippen LogP contribution in [0.15, 0.2) is 23.1 Å². The van der Waals surface area contributed by atoms with Gasteiger partial charge in [0.15, 0.2) is 0 Å². The summed E-state index contributed by atoms with van der Waals surface area (Å²) in [5, 5.41) is 0.0807. The predicted octanol–water partition coefficient (Wildman–Crippen LogP) is 0.697. The van der Waals surface area contributed by atoms with E-state index in [4.69, 9.17) is 11.6 Å². The molecule has 0 aliphatic rings. The lowest BCUT2D eigenvalue weighted by Crippen LogP contribution is -2.35. The minimum absolute atomic E-state index is 0.0807. The zero-order valence-corrected chi connectivity index (χ0v) is 12.9. The van der Waals surface area contributed by atoms with Gasteiger partial charge in [-0.3, -0.25) is 0 Å². The van der Waals surface area contributed by atoms with Crippen molar-refractivity contribution in [3.8, 4) is 0 Å². The van der Waals surface area contributed by atoms with Crippen molar-refractivity contribution in [1.82, 2.24) is 9.44 Å². The summed E-state index contributed by atoms with van der Waals surface area (Å²) in [6.45, 7) is 1.14. The molecule has 0 aliphatic heterocycles. The number of hydrogen-bond donors (Lipinski definition) is 2. The van der Waals surface area contributed by atoms with E-state index in [1.807, 2.05) is 0 Å². The van der Waals surface area contributed by atoms with Crippen LogP contribution in [0, 0.1) is 5.82 Å². The molecule has 0 saturated carbocycles. The molecule has 1 rings (SSSR count). The molecule has 0 aliphatic carbocycles. The number of halogens is 2. The lowest BCUT2D eigenvalue weighted by Gasteiger charge is -2.08. The van der Waals surface area contributed by atoms with Crippen molar-refractivity contribution < 1.29 is 21.2 Å². The minimum Gasteiger partial charge on any atom is -0.214 e. The second kappa shape index (κ2) is 6.81. The van der Waals surface area contributed by atoms with Crippen LogP contribution in [0.2, 0.25) is 5.02 Å². The quantitative estimate of drug-likeness (QED) is 0.712. The third-order valence-corrected chi connectivity index (χ3v) is 5.44. The van der Waals surface area contributed by atoms with E-state index in [2.05, 4.69) is 9.44 Å².